The van der Waals surface area contributed by atoms with E-state index in [1.54, 1.807) is 17.0 Å². The van der Waals surface area contributed by atoms with Crippen molar-refractivity contribution in [3.05, 3.63) is 125 Å². The molecule has 11 nitrogen and oxygen atoms in total. The zero-order valence-electron chi connectivity index (χ0n) is 36.3. The third-order valence-corrected chi connectivity index (χ3v) is 13.7. The SMILES string of the molecule is CC1CN(c2ccc3c(c2)C(C(=O)C=O)N(C2CCC(=O)NC2=O)C3)CC(C)N1CC1CCN(CCOc2ccc(C(=C(CCCl)c3ccccc3)c3ccc(O)cc3)cc2)CC1. The Kier molecular flexibility index (Phi) is 14.1. The second kappa shape index (κ2) is 20.0. The van der Waals surface area contributed by atoms with Gasteiger partial charge in [-0.25, -0.2) is 0 Å². The van der Waals surface area contributed by atoms with Gasteiger partial charge in [0, 0.05) is 62.8 Å². The van der Waals surface area contributed by atoms with E-state index in [1.165, 1.54) is 0 Å². The Morgan fingerprint density at radius 1 is 0.873 bits per heavy atom. The molecular weight excluding hydrogens is 814 g/mol. The minimum atomic E-state index is -0.836. The molecule has 12 heteroatoms. The number of likely N-dealkylation sites (tertiary alicyclic amines) is 1. The fourth-order valence-corrected chi connectivity index (χ4v) is 10.4. The average molecular weight is 873 g/mol. The lowest BCUT2D eigenvalue weighted by Gasteiger charge is -2.47. The number of anilines is 1. The number of Topliss-reactive ketones (excluding diaryl/α,β-unsaturated/α-hetero) is 1. The molecule has 0 spiro atoms. The van der Waals surface area contributed by atoms with Gasteiger partial charge in [-0.15, -0.1) is 11.6 Å². The van der Waals surface area contributed by atoms with Crippen molar-refractivity contribution < 1.29 is 29.0 Å². The van der Waals surface area contributed by atoms with E-state index in [0.29, 0.717) is 56.2 Å². The quantitative estimate of drug-likeness (QED) is 0.0421. The molecule has 0 saturated carbocycles. The molecule has 4 atom stereocenters. The van der Waals surface area contributed by atoms with E-state index in [4.69, 9.17) is 16.3 Å². The number of phenolic OH excluding ortho intramolecular Hbond substituents is 1. The van der Waals surface area contributed by atoms with Crippen LogP contribution in [0.2, 0.25) is 0 Å². The number of halogens is 1. The Bertz CT molecular complexity index is 2280. The van der Waals surface area contributed by atoms with E-state index in [0.717, 1.165) is 103 Å². The lowest BCUT2D eigenvalue weighted by Crippen LogP contribution is -2.58. The molecule has 0 aromatic heterocycles. The van der Waals surface area contributed by atoms with Gasteiger partial charge in [-0.05, 0) is 134 Å². The van der Waals surface area contributed by atoms with Crippen molar-refractivity contribution in [2.75, 3.05) is 56.7 Å². The van der Waals surface area contributed by atoms with Crippen LogP contribution in [0.3, 0.4) is 0 Å². The summed E-state index contributed by atoms with van der Waals surface area (Å²) in [6, 6.07) is 31.3. The zero-order valence-corrected chi connectivity index (χ0v) is 37.0. The molecule has 0 radical (unpaired) electrons. The predicted octanol–water partition coefficient (Wildman–Crippen LogP) is 7.10. The molecule has 4 aromatic carbocycles. The van der Waals surface area contributed by atoms with Crippen LogP contribution in [0.5, 0.6) is 11.5 Å². The molecule has 4 aliphatic heterocycles. The van der Waals surface area contributed by atoms with Crippen molar-refractivity contribution in [3.63, 3.8) is 0 Å². The van der Waals surface area contributed by atoms with Crippen LogP contribution >= 0.6 is 11.6 Å². The van der Waals surface area contributed by atoms with Gasteiger partial charge in [-0.1, -0.05) is 60.7 Å². The smallest absolute Gasteiger partial charge is 0.243 e. The molecule has 0 aliphatic carbocycles. The maximum Gasteiger partial charge on any atom is 0.243 e. The highest BCUT2D eigenvalue weighted by Gasteiger charge is 2.44. The summed E-state index contributed by atoms with van der Waals surface area (Å²) >= 11 is 6.35. The number of fused-ring (bicyclic) bond motifs is 1. The molecule has 8 rings (SSSR count). The molecule has 63 heavy (non-hydrogen) atoms. The van der Waals surface area contributed by atoms with E-state index >= 15 is 0 Å². The van der Waals surface area contributed by atoms with Gasteiger partial charge in [0.15, 0.2) is 6.29 Å². The highest BCUT2D eigenvalue weighted by molar-refractivity contribution is 6.27. The summed E-state index contributed by atoms with van der Waals surface area (Å²) in [5.41, 5.74) is 8.17. The number of nitrogens with zero attached hydrogens (tertiary/aromatic N) is 4. The van der Waals surface area contributed by atoms with Crippen LogP contribution in [0.1, 0.15) is 79.8 Å². The number of alkyl halides is 1. The van der Waals surface area contributed by atoms with E-state index in [9.17, 15) is 24.3 Å². The van der Waals surface area contributed by atoms with E-state index in [1.807, 2.05) is 54.6 Å². The number of imide groups is 1. The molecular formula is C51H58ClN5O6. The van der Waals surface area contributed by atoms with Crippen LogP contribution in [0.4, 0.5) is 5.69 Å². The van der Waals surface area contributed by atoms with Crippen molar-refractivity contribution in [1.29, 1.82) is 0 Å². The first-order valence-corrected chi connectivity index (χ1v) is 22.9. The van der Waals surface area contributed by atoms with E-state index < -0.39 is 23.8 Å². The summed E-state index contributed by atoms with van der Waals surface area (Å²) < 4.78 is 6.28. The Labute approximate surface area is 375 Å². The Hall–Kier alpha value is -5.33. The van der Waals surface area contributed by atoms with Gasteiger partial charge in [0.1, 0.15) is 24.1 Å². The van der Waals surface area contributed by atoms with Gasteiger partial charge in [0.2, 0.25) is 17.6 Å². The minimum absolute atomic E-state index is 0.207. The van der Waals surface area contributed by atoms with E-state index in [-0.39, 0.29) is 18.1 Å². The molecule has 4 unspecified atom stereocenters. The summed E-state index contributed by atoms with van der Waals surface area (Å²) in [4.78, 5) is 58.8. The number of nitrogens with one attached hydrogen (secondary N) is 1. The Morgan fingerprint density at radius 3 is 2.21 bits per heavy atom. The number of piperidine rings is 2. The number of amides is 2. The Morgan fingerprint density at radius 2 is 1.56 bits per heavy atom. The molecule has 4 aromatic rings. The summed E-state index contributed by atoms with van der Waals surface area (Å²) in [6.07, 6.45) is 3.88. The highest BCUT2D eigenvalue weighted by Crippen LogP contribution is 2.40. The lowest BCUT2D eigenvalue weighted by atomic mass is 9.88. The number of ketones is 1. The van der Waals surface area contributed by atoms with Crippen LogP contribution in [0, 0.1) is 5.92 Å². The monoisotopic (exact) mass is 871 g/mol. The Balaban J connectivity index is 0.829. The summed E-state index contributed by atoms with van der Waals surface area (Å²) in [7, 11) is 0. The fraction of sp³-hybridized carbons (Fsp3) is 0.412. The number of aldehydes is 1. The second-order valence-electron chi connectivity index (χ2n) is 17.6. The number of rotatable bonds is 15. The van der Waals surface area contributed by atoms with Gasteiger partial charge >= 0.3 is 0 Å². The number of ether oxygens (including phenoxy) is 1. The second-order valence-corrected chi connectivity index (χ2v) is 18.0. The first-order chi connectivity index (χ1) is 30.6. The minimum Gasteiger partial charge on any atom is -0.508 e. The van der Waals surface area contributed by atoms with Crippen LogP contribution < -0.4 is 15.0 Å². The molecule has 3 saturated heterocycles. The summed E-state index contributed by atoms with van der Waals surface area (Å²) in [5, 5.41) is 12.4. The van der Waals surface area contributed by atoms with Crippen molar-refractivity contribution in [3.8, 4) is 11.5 Å². The number of carbonyl (C=O) groups excluding carboxylic acids is 4. The van der Waals surface area contributed by atoms with Crippen LogP contribution in [0.25, 0.3) is 11.1 Å². The van der Waals surface area contributed by atoms with E-state index in [2.05, 4.69) is 64.2 Å². The average Bonchev–Trinajstić information content (AvgIpc) is 3.67. The van der Waals surface area contributed by atoms with Crippen molar-refractivity contribution in [2.24, 2.45) is 5.92 Å². The number of piperazine rings is 1. The lowest BCUT2D eigenvalue weighted by molar-refractivity contribution is -0.141. The normalized spacial score (nSPS) is 22.9. The summed E-state index contributed by atoms with van der Waals surface area (Å²) in [6.45, 7) is 11.3. The molecule has 4 heterocycles. The number of hydrogen-bond acceptors (Lipinski definition) is 10. The maximum absolute atomic E-state index is 13.1. The van der Waals surface area contributed by atoms with Gasteiger partial charge < -0.3 is 14.7 Å². The van der Waals surface area contributed by atoms with Crippen molar-refractivity contribution >= 4 is 52.3 Å². The van der Waals surface area contributed by atoms with Crippen LogP contribution in [-0.4, -0.2) is 114 Å². The molecule has 3 fully saturated rings. The topological polar surface area (TPSA) is 123 Å². The predicted molar refractivity (Wildman–Crippen MR) is 247 cm³/mol. The van der Waals surface area contributed by atoms with Gasteiger partial charge in [-0.3, -0.25) is 39.2 Å². The van der Waals surface area contributed by atoms with Gasteiger partial charge in [-0.2, -0.15) is 0 Å². The van der Waals surface area contributed by atoms with Gasteiger partial charge in [0.05, 0.1) is 6.04 Å². The standard InChI is InChI=1S/C51H58ClN5O6/c1-34-29-55(41-13-8-40-32-57(46-18-19-48(61)53-51(46)62)50(45(40)28-41)47(60)33-58)30-35(2)56(34)31-36-21-24-54(25-22-36)26-27-63-43-16-11-39(12-17-43)49(38-9-14-42(59)15-10-38)44(20-23-52)37-6-4-3-5-7-37/h3-17,28,33-36,46,50,59H,18-27,29-32H2,1-2H3,(H,53,61,62). The largest absolute Gasteiger partial charge is 0.508 e. The molecule has 0 bridgehead atoms. The third kappa shape index (κ3) is 10.1. The third-order valence-electron chi connectivity index (χ3n) is 13.5. The number of allylic oxidation sites excluding steroid dienone is 1. The van der Waals surface area contributed by atoms with Crippen molar-refractivity contribution in [2.45, 2.75) is 76.7 Å². The molecule has 2 amide bonds. The number of benzene rings is 4. The number of hydrogen-bond donors (Lipinski definition) is 2. The maximum atomic E-state index is 13.1. The number of carbonyl (C=O) groups is 4. The fourth-order valence-electron chi connectivity index (χ4n) is 10.2. The number of phenols is 1. The molecule has 4 aliphatic rings. The highest BCUT2D eigenvalue weighted by atomic mass is 35.5. The molecule has 2 N–H and O–H groups in total. The first-order valence-electron chi connectivity index (χ1n) is 22.4. The van der Waals surface area contributed by atoms with Crippen molar-refractivity contribution in [1.82, 2.24) is 20.0 Å². The van der Waals surface area contributed by atoms with Crippen LogP contribution in [0.15, 0.2) is 97.1 Å². The first kappa shape index (κ1) is 44.3. The number of aromatic hydroxyl groups is 1. The summed E-state index contributed by atoms with van der Waals surface area (Å²) in [5.74, 6) is 0.887. The zero-order chi connectivity index (χ0) is 44.0. The van der Waals surface area contributed by atoms with Gasteiger partial charge in [0.25, 0.3) is 0 Å². The van der Waals surface area contributed by atoms with Crippen LogP contribution in [-0.2, 0) is 25.7 Å². The molecule has 330 valence electrons.